The fraction of sp³-hybridized carbons (Fsp3) is 0.0182. The van der Waals surface area contributed by atoms with Gasteiger partial charge in [0, 0.05) is 44.2 Å². The number of aromatic nitrogens is 7. The lowest BCUT2D eigenvalue weighted by Crippen LogP contribution is -2.03. The van der Waals surface area contributed by atoms with Crippen LogP contribution < -0.4 is 0 Å². The molecule has 8 aromatic carbocycles. The molecule has 3 heterocycles. The first-order valence-corrected chi connectivity index (χ1v) is 20.6. The third-order valence-corrected chi connectivity index (χ3v) is 11.2. The van der Waals surface area contributed by atoms with Crippen LogP contribution in [-0.4, -0.2) is 34.5 Å². The van der Waals surface area contributed by atoms with Crippen molar-refractivity contribution in [3.63, 3.8) is 0 Å². The molecule has 62 heavy (non-hydrogen) atoms. The van der Waals surface area contributed by atoms with Crippen molar-refractivity contribution in [2.45, 2.75) is 6.92 Å². The SMILES string of the molecule is Cc1cccc(-c2nc(-c3ccccc3)nc(-c3ccccc3-n3c4ccccc4c4cc(-c5ccccc5-c5nc(-c6ccccc6)nc(-c6ccccc6)n5)ccc43)n2)c1. The Balaban J connectivity index is 1.08. The molecule has 0 aliphatic rings. The summed E-state index contributed by atoms with van der Waals surface area (Å²) < 4.78 is 2.33. The topological polar surface area (TPSA) is 82.3 Å². The van der Waals surface area contributed by atoms with Gasteiger partial charge < -0.3 is 4.57 Å². The lowest BCUT2D eigenvalue weighted by atomic mass is 9.97. The molecule has 0 spiro atoms. The van der Waals surface area contributed by atoms with Crippen LogP contribution in [0.4, 0.5) is 0 Å². The minimum absolute atomic E-state index is 0.601. The second-order valence-corrected chi connectivity index (χ2v) is 15.2. The Hall–Kier alpha value is -8.42. The van der Waals surface area contributed by atoms with Crippen LogP contribution in [0.3, 0.4) is 0 Å². The highest BCUT2D eigenvalue weighted by Crippen LogP contribution is 2.40. The first-order chi connectivity index (χ1) is 30.6. The van der Waals surface area contributed by atoms with E-state index in [2.05, 4.69) is 109 Å². The first kappa shape index (κ1) is 36.6. The monoisotopic (exact) mass is 795 g/mol. The Kier molecular flexibility index (Phi) is 9.24. The highest BCUT2D eigenvalue weighted by Gasteiger charge is 2.21. The molecule has 0 fully saturated rings. The van der Waals surface area contributed by atoms with Gasteiger partial charge in [-0.25, -0.2) is 29.9 Å². The van der Waals surface area contributed by atoms with Crippen LogP contribution in [0.5, 0.6) is 0 Å². The predicted molar refractivity (Wildman–Crippen MR) is 250 cm³/mol. The molecule has 11 rings (SSSR count). The number of fused-ring (bicyclic) bond motifs is 3. The summed E-state index contributed by atoms with van der Waals surface area (Å²) in [5.74, 6) is 3.72. The summed E-state index contributed by atoms with van der Waals surface area (Å²) in [6.45, 7) is 2.09. The van der Waals surface area contributed by atoms with Crippen molar-refractivity contribution < 1.29 is 0 Å². The van der Waals surface area contributed by atoms with Crippen molar-refractivity contribution in [1.82, 2.24) is 34.5 Å². The Morgan fingerprint density at radius 1 is 0.290 bits per heavy atom. The molecule has 0 N–H and O–H groups in total. The maximum absolute atomic E-state index is 5.16. The number of para-hydroxylation sites is 2. The van der Waals surface area contributed by atoms with Crippen LogP contribution in [0.25, 0.3) is 107 Å². The van der Waals surface area contributed by atoms with Gasteiger partial charge in [0.15, 0.2) is 34.9 Å². The summed E-state index contributed by atoms with van der Waals surface area (Å²) in [5, 5.41) is 2.25. The highest BCUT2D eigenvalue weighted by molar-refractivity contribution is 6.11. The van der Waals surface area contributed by atoms with Gasteiger partial charge in [-0.1, -0.05) is 175 Å². The molecule has 0 unspecified atom stereocenters. The molecule has 3 aromatic heterocycles. The molecule has 292 valence electrons. The normalized spacial score (nSPS) is 11.3. The molecule has 7 heteroatoms. The van der Waals surface area contributed by atoms with Crippen molar-refractivity contribution in [1.29, 1.82) is 0 Å². The van der Waals surface area contributed by atoms with Crippen LogP contribution in [0.2, 0.25) is 0 Å². The van der Waals surface area contributed by atoms with E-state index in [1.165, 1.54) is 0 Å². The predicted octanol–water partition coefficient (Wildman–Crippen LogP) is 13.1. The van der Waals surface area contributed by atoms with Gasteiger partial charge in [0.25, 0.3) is 0 Å². The number of hydrogen-bond donors (Lipinski definition) is 0. The minimum Gasteiger partial charge on any atom is -0.309 e. The average molecular weight is 796 g/mol. The zero-order chi connectivity index (χ0) is 41.4. The molecule has 11 aromatic rings. The van der Waals surface area contributed by atoms with Crippen molar-refractivity contribution in [2.24, 2.45) is 0 Å². The molecule has 0 bridgehead atoms. The second kappa shape index (κ2) is 15.6. The molecule has 0 saturated carbocycles. The summed E-state index contributed by atoms with van der Waals surface area (Å²) >= 11 is 0. The molecule has 0 aliphatic heterocycles. The summed E-state index contributed by atoms with van der Waals surface area (Å²) in [7, 11) is 0. The molecule has 0 saturated heterocycles. The van der Waals surface area contributed by atoms with Crippen LogP contribution in [-0.2, 0) is 0 Å². The third-order valence-electron chi connectivity index (χ3n) is 11.2. The summed E-state index contributed by atoms with van der Waals surface area (Å²) in [6.07, 6.45) is 0. The maximum atomic E-state index is 5.16. The molecular weight excluding hydrogens is 759 g/mol. The number of benzene rings is 8. The van der Waals surface area contributed by atoms with E-state index in [0.29, 0.717) is 34.9 Å². The summed E-state index contributed by atoms with van der Waals surface area (Å²) in [6, 6.07) is 70.6. The van der Waals surface area contributed by atoms with E-state index in [-0.39, 0.29) is 0 Å². The molecule has 0 aliphatic carbocycles. The number of nitrogens with zero attached hydrogens (tertiary/aromatic N) is 7. The van der Waals surface area contributed by atoms with Crippen LogP contribution in [0.1, 0.15) is 5.56 Å². The van der Waals surface area contributed by atoms with E-state index in [9.17, 15) is 0 Å². The smallest absolute Gasteiger partial charge is 0.166 e. The van der Waals surface area contributed by atoms with Gasteiger partial charge in [-0.3, -0.25) is 0 Å². The van der Waals surface area contributed by atoms with Gasteiger partial charge >= 0.3 is 0 Å². The number of rotatable bonds is 8. The number of aryl methyl sites for hydroxylation is 1. The average Bonchev–Trinajstić information content (AvgIpc) is 3.68. The Morgan fingerprint density at radius 3 is 1.35 bits per heavy atom. The second-order valence-electron chi connectivity index (χ2n) is 15.2. The van der Waals surface area contributed by atoms with Crippen molar-refractivity contribution >= 4 is 21.8 Å². The summed E-state index contributed by atoms with van der Waals surface area (Å²) in [5.41, 5.74) is 11.9. The van der Waals surface area contributed by atoms with Crippen LogP contribution in [0, 0.1) is 6.92 Å². The van der Waals surface area contributed by atoms with Gasteiger partial charge in [0.2, 0.25) is 0 Å². The van der Waals surface area contributed by atoms with E-state index in [4.69, 9.17) is 29.9 Å². The highest BCUT2D eigenvalue weighted by atomic mass is 15.1. The van der Waals surface area contributed by atoms with Gasteiger partial charge in [-0.05, 0) is 54.4 Å². The van der Waals surface area contributed by atoms with E-state index in [1.807, 2.05) is 109 Å². The van der Waals surface area contributed by atoms with Crippen molar-refractivity contribution in [2.75, 3.05) is 0 Å². The molecular formula is C55H37N7. The third kappa shape index (κ3) is 6.77. The zero-order valence-corrected chi connectivity index (χ0v) is 33.8. The molecule has 0 radical (unpaired) electrons. The molecule has 7 nitrogen and oxygen atoms in total. The minimum atomic E-state index is 0.601. The van der Waals surface area contributed by atoms with E-state index in [1.54, 1.807) is 0 Å². The lowest BCUT2D eigenvalue weighted by Gasteiger charge is -2.15. The Labute approximate surface area is 358 Å². The Bertz CT molecular complexity index is 3360. The van der Waals surface area contributed by atoms with Crippen molar-refractivity contribution in [3.8, 4) is 85.1 Å². The van der Waals surface area contributed by atoms with Crippen molar-refractivity contribution in [3.05, 3.63) is 212 Å². The van der Waals surface area contributed by atoms with Gasteiger partial charge in [0.1, 0.15) is 0 Å². The fourth-order valence-corrected chi connectivity index (χ4v) is 8.24. The zero-order valence-electron chi connectivity index (χ0n) is 33.8. The first-order valence-electron chi connectivity index (χ1n) is 20.6. The fourth-order valence-electron chi connectivity index (χ4n) is 8.24. The molecule has 0 atom stereocenters. The van der Waals surface area contributed by atoms with E-state index >= 15 is 0 Å². The van der Waals surface area contributed by atoms with Gasteiger partial charge in [-0.15, -0.1) is 0 Å². The summed E-state index contributed by atoms with van der Waals surface area (Å²) in [4.78, 5) is 30.4. The molecule has 0 amide bonds. The van der Waals surface area contributed by atoms with E-state index < -0.39 is 0 Å². The number of hydrogen-bond acceptors (Lipinski definition) is 6. The lowest BCUT2D eigenvalue weighted by molar-refractivity contribution is 1.06. The largest absolute Gasteiger partial charge is 0.309 e. The quantitative estimate of drug-likeness (QED) is 0.152. The maximum Gasteiger partial charge on any atom is 0.166 e. The van der Waals surface area contributed by atoms with Gasteiger partial charge in [-0.2, -0.15) is 0 Å². The van der Waals surface area contributed by atoms with Gasteiger partial charge in [0.05, 0.1) is 16.7 Å². The Morgan fingerprint density at radius 2 is 0.742 bits per heavy atom. The van der Waals surface area contributed by atoms with E-state index in [0.717, 1.165) is 77.6 Å². The van der Waals surface area contributed by atoms with Crippen LogP contribution in [0.15, 0.2) is 206 Å². The van der Waals surface area contributed by atoms with Crippen LogP contribution >= 0.6 is 0 Å². The standard InChI is InChI=1S/C55H37N7/c1-36-18-17-25-41(34-36)53-57-52(39-23-9-4-10-24-39)60-55(61-53)45-29-14-16-31-48(45)62-47-30-15-13-27-43(47)46-35-40(32-33-49(46)62)42-26-11-12-28-44(42)54-58-50(37-19-5-2-6-20-37)56-51(59-54)38-21-7-3-8-22-38/h2-35H,1H3.